The van der Waals surface area contributed by atoms with Crippen LogP contribution in [-0.4, -0.2) is 53.4 Å². The zero-order valence-electron chi connectivity index (χ0n) is 11.0. The second kappa shape index (κ2) is 5.78. The van der Waals surface area contributed by atoms with Crippen molar-refractivity contribution in [2.45, 2.75) is 27.2 Å². The molecule has 17 heavy (non-hydrogen) atoms. The second-order valence-corrected chi connectivity index (χ2v) is 6.39. The average molecular weight is 257 g/mol. The van der Waals surface area contributed by atoms with E-state index in [4.69, 9.17) is 18.0 Å². The summed E-state index contributed by atoms with van der Waals surface area (Å²) in [5.74, 6) is 0.257. The Morgan fingerprint density at radius 1 is 1.24 bits per heavy atom. The normalized spacial score (nSPS) is 18.2. The van der Waals surface area contributed by atoms with Gasteiger partial charge in [0.2, 0.25) is 5.91 Å². The molecule has 4 nitrogen and oxygen atoms in total. The molecule has 0 unspecified atom stereocenters. The Morgan fingerprint density at radius 3 is 2.18 bits per heavy atom. The molecule has 98 valence electrons. The molecule has 1 rings (SSSR count). The highest BCUT2D eigenvalue weighted by atomic mass is 32.1. The van der Waals surface area contributed by atoms with Gasteiger partial charge in [0, 0.05) is 39.1 Å². The van der Waals surface area contributed by atoms with E-state index in [9.17, 15) is 4.79 Å². The number of nitrogens with zero attached hydrogens (tertiary/aromatic N) is 2. The molecule has 0 aromatic rings. The van der Waals surface area contributed by atoms with E-state index < -0.39 is 0 Å². The van der Waals surface area contributed by atoms with E-state index in [-0.39, 0.29) is 11.3 Å². The van der Waals surface area contributed by atoms with E-state index in [0.29, 0.717) is 18.0 Å². The average Bonchev–Trinajstić information content (AvgIpc) is 2.15. The van der Waals surface area contributed by atoms with Crippen molar-refractivity contribution >= 4 is 23.1 Å². The lowest BCUT2D eigenvalue weighted by Crippen LogP contribution is -2.50. The van der Waals surface area contributed by atoms with Gasteiger partial charge >= 0.3 is 0 Å². The molecule has 0 atom stereocenters. The maximum absolute atomic E-state index is 12.0. The molecule has 0 aromatic carbocycles. The zero-order chi connectivity index (χ0) is 13.1. The quantitative estimate of drug-likeness (QED) is 0.762. The van der Waals surface area contributed by atoms with Crippen molar-refractivity contribution in [2.75, 3.05) is 32.7 Å². The summed E-state index contributed by atoms with van der Waals surface area (Å²) in [6.07, 6.45) is 0.613. The molecule has 1 aliphatic rings. The van der Waals surface area contributed by atoms with Crippen molar-refractivity contribution in [1.29, 1.82) is 0 Å². The maximum Gasteiger partial charge on any atom is 0.223 e. The highest BCUT2D eigenvalue weighted by molar-refractivity contribution is 7.80. The minimum atomic E-state index is 0.0625. The molecular formula is C12H23N3OS. The molecule has 1 heterocycles. The molecule has 0 spiro atoms. The number of carbonyl (C=O) groups is 1. The van der Waals surface area contributed by atoms with Gasteiger partial charge in [0.1, 0.15) is 0 Å². The Morgan fingerprint density at radius 2 is 1.76 bits per heavy atom. The molecule has 1 aliphatic heterocycles. The van der Waals surface area contributed by atoms with Gasteiger partial charge in [-0.15, -0.1) is 0 Å². The molecular weight excluding hydrogens is 234 g/mol. The molecule has 0 radical (unpaired) electrons. The van der Waals surface area contributed by atoms with Crippen molar-refractivity contribution in [2.24, 2.45) is 11.1 Å². The third kappa shape index (κ3) is 5.46. The van der Waals surface area contributed by atoms with Gasteiger partial charge < -0.3 is 10.6 Å². The van der Waals surface area contributed by atoms with Crippen LogP contribution in [0.3, 0.4) is 0 Å². The van der Waals surface area contributed by atoms with Crippen LogP contribution in [0.15, 0.2) is 0 Å². The molecule has 5 heteroatoms. The highest BCUT2D eigenvalue weighted by Gasteiger charge is 2.24. The number of thiocarbonyl (C=S) groups is 1. The summed E-state index contributed by atoms with van der Waals surface area (Å²) in [6, 6.07) is 0. The minimum Gasteiger partial charge on any atom is -0.392 e. The van der Waals surface area contributed by atoms with E-state index in [2.05, 4.69) is 25.7 Å². The summed E-state index contributed by atoms with van der Waals surface area (Å²) in [5, 5.41) is 0. The Balaban J connectivity index is 2.36. The Labute approximate surface area is 109 Å². The molecule has 0 aliphatic carbocycles. The topological polar surface area (TPSA) is 49.6 Å². The Hall–Kier alpha value is -0.680. The van der Waals surface area contributed by atoms with Gasteiger partial charge in [-0.1, -0.05) is 33.0 Å². The van der Waals surface area contributed by atoms with Crippen LogP contribution in [0.1, 0.15) is 27.2 Å². The molecule has 0 saturated carbocycles. The number of carbonyl (C=O) groups excluding carboxylic acids is 1. The van der Waals surface area contributed by atoms with Crippen LogP contribution in [0.4, 0.5) is 0 Å². The van der Waals surface area contributed by atoms with Crippen LogP contribution in [0.2, 0.25) is 0 Å². The Bertz CT molecular complexity index is 291. The molecule has 1 saturated heterocycles. The van der Waals surface area contributed by atoms with Crippen LogP contribution >= 0.6 is 12.2 Å². The van der Waals surface area contributed by atoms with Gasteiger partial charge in [0.15, 0.2) is 0 Å². The standard InChI is InChI=1S/C12H23N3OS/c1-12(2,3)8-11(16)15-6-4-14(5-7-15)9-10(13)17/h4-9H2,1-3H3,(H2,13,17). The van der Waals surface area contributed by atoms with Crippen molar-refractivity contribution < 1.29 is 4.79 Å². The number of amides is 1. The summed E-state index contributed by atoms with van der Waals surface area (Å²) in [4.78, 5) is 16.7. The van der Waals surface area contributed by atoms with E-state index in [0.717, 1.165) is 26.2 Å². The van der Waals surface area contributed by atoms with Gasteiger partial charge in [-0.2, -0.15) is 0 Å². The largest absolute Gasteiger partial charge is 0.392 e. The second-order valence-electron chi connectivity index (χ2n) is 5.86. The predicted molar refractivity (Wildman–Crippen MR) is 73.9 cm³/mol. The maximum atomic E-state index is 12.0. The predicted octanol–water partition coefficient (Wildman–Crippen LogP) is 0.853. The highest BCUT2D eigenvalue weighted by Crippen LogP contribution is 2.20. The number of hydrogen-bond acceptors (Lipinski definition) is 3. The summed E-state index contributed by atoms with van der Waals surface area (Å²) in [5.41, 5.74) is 5.57. The van der Waals surface area contributed by atoms with Crippen LogP contribution in [0, 0.1) is 5.41 Å². The van der Waals surface area contributed by atoms with Gasteiger partial charge in [0.05, 0.1) is 4.99 Å². The number of hydrogen-bond donors (Lipinski definition) is 1. The summed E-state index contributed by atoms with van der Waals surface area (Å²) in [7, 11) is 0. The first-order valence-corrected chi connectivity index (χ1v) is 6.47. The molecule has 2 N–H and O–H groups in total. The van der Waals surface area contributed by atoms with Gasteiger partial charge in [-0.25, -0.2) is 0 Å². The Kier molecular flexibility index (Phi) is 4.89. The van der Waals surface area contributed by atoms with Gasteiger partial charge in [0.25, 0.3) is 0 Å². The van der Waals surface area contributed by atoms with Crippen molar-refractivity contribution in [3.05, 3.63) is 0 Å². The summed E-state index contributed by atoms with van der Waals surface area (Å²) in [6.45, 7) is 10.3. The monoisotopic (exact) mass is 257 g/mol. The lowest BCUT2D eigenvalue weighted by atomic mass is 9.91. The third-order valence-corrected chi connectivity index (χ3v) is 2.92. The fourth-order valence-electron chi connectivity index (χ4n) is 1.94. The van der Waals surface area contributed by atoms with Crippen LogP contribution in [0.25, 0.3) is 0 Å². The van der Waals surface area contributed by atoms with Crippen molar-refractivity contribution in [3.8, 4) is 0 Å². The molecule has 0 bridgehead atoms. The van der Waals surface area contributed by atoms with Crippen LogP contribution in [-0.2, 0) is 4.79 Å². The van der Waals surface area contributed by atoms with Crippen LogP contribution < -0.4 is 5.73 Å². The lowest BCUT2D eigenvalue weighted by Gasteiger charge is -2.35. The van der Waals surface area contributed by atoms with Crippen molar-refractivity contribution in [1.82, 2.24) is 9.80 Å². The SMILES string of the molecule is CC(C)(C)CC(=O)N1CCN(CC(N)=S)CC1. The van der Waals surface area contributed by atoms with E-state index in [1.807, 2.05) is 4.90 Å². The summed E-state index contributed by atoms with van der Waals surface area (Å²) >= 11 is 4.88. The fourth-order valence-corrected chi connectivity index (χ4v) is 2.12. The van der Waals surface area contributed by atoms with E-state index in [1.165, 1.54) is 0 Å². The van der Waals surface area contributed by atoms with Gasteiger partial charge in [-0.05, 0) is 5.41 Å². The first kappa shape index (κ1) is 14.4. The van der Waals surface area contributed by atoms with E-state index in [1.54, 1.807) is 0 Å². The minimum absolute atomic E-state index is 0.0625. The number of rotatable bonds is 3. The lowest BCUT2D eigenvalue weighted by molar-refractivity contribution is -0.134. The first-order chi connectivity index (χ1) is 7.78. The zero-order valence-corrected chi connectivity index (χ0v) is 11.8. The molecule has 0 aromatic heterocycles. The number of nitrogens with two attached hydrogens (primary N) is 1. The number of piperazine rings is 1. The molecule has 1 fully saturated rings. The van der Waals surface area contributed by atoms with E-state index >= 15 is 0 Å². The third-order valence-electron chi connectivity index (χ3n) is 2.79. The first-order valence-electron chi connectivity index (χ1n) is 6.06. The fraction of sp³-hybridized carbons (Fsp3) is 0.833. The molecule has 1 amide bonds. The van der Waals surface area contributed by atoms with Gasteiger partial charge in [-0.3, -0.25) is 9.69 Å². The van der Waals surface area contributed by atoms with Crippen LogP contribution in [0.5, 0.6) is 0 Å². The van der Waals surface area contributed by atoms with Crippen molar-refractivity contribution in [3.63, 3.8) is 0 Å². The summed E-state index contributed by atoms with van der Waals surface area (Å²) < 4.78 is 0. The smallest absolute Gasteiger partial charge is 0.223 e.